The molecule has 1 aromatic heterocycles. The fourth-order valence-corrected chi connectivity index (χ4v) is 1.54. The second-order valence-corrected chi connectivity index (χ2v) is 4.37. The Kier molecular flexibility index (Phi) is 4.69. The van der Waals surface area contributed by atoms with Gasteiger partial charge in [-0.2, -0.15) is 0 Å². The van der Waals surface area contributed by atoms with E-state index >= 15 is 0 Å². The molecular weight excluding hydrogens is 191 g/mol. The average Bonchev–Trinajstić information content (AvgIpc) is 2.17. The van der Waals surface area contributed by atoms with E-state index in [4.69, 9.17) is 5.73 Å². The van der Waals surface area contributed by atoms with Crippen LogP contribution in [0.4, 0.5) is 4.39 Å². The van der Waals surface area contributed by atoms with E-state index in [2.05, 4.69) is 18.8 Å². The van der Waals surface area contributed by atoms with Crippen LogP contribution >= 0.6 is 0 Å². The van der Waals surface area contributed by atoms with Gasteiger partial charge in [0, 0.05) is 12.2 Å². The molecule has 0 fully saturated rings. The van der Waals surface area contributed by atoms with E-state index in [1.54, 1.807) is 6.20 Å². The van der Waals surface area contributed by atoms with Crippen LogP contribution in [0.3, 0.4) is 0 Å². The number of halogens is 1. The largest absolute Gasteiger partial charge is 0.324 e. The van der Waals surface area contributed by atoms with Crippen molar-refractivity contribution in [2.75, 3.05) is 0 Å². The molecule has 0 aliphatic rings. The third-order valence-corrected chi connectivity index (χ3v) is 2.45. The molecule has 1 unspecified atom stereocenters. The topological polar surface area (TPSA) is 38.9 Å². The highest BCUT2D eigenvalue weighted by atomic mass is 19.1. The molecule has 84 valence electrons. The van der Waals surface area contributed by atoms with Crippen molar-refractivity contribution in [2.24, 2.45) is 11.7 Å². The summed E-state index contributed by atoms with van der Waals surface area (Å²) in [5, 5.41) is 0. The van der Waals surface area contributed by atoms with E-state index in [-0.39, 0.29) is 11.9 Å². The Labute approximate surface area is 90.7 Å². The van der Waals surface area contributed by atoms with Crippen molar-refractivity contribution in [2.45, 2.75) is 39.2 Å². The molecule has 3 heteroatoms. The van der Waals surface area contributed by atoms with Crippen LogP contribution in [0, 0.1) is 11.7 Å². The first kappa shape index (κ1) is 12.1. The lowest BCUT2D eigenvalue weighted by molar-refractivity contribution is 0.503. The van der Waals surface area contributed by atoms with Crippen LogP contribution in [0.5, 0.6) is 0 Å². The van der Waals surface area contributed by atoms with Crippen molar-refractivity contribution >= 4 is 0 Å². The maximum Gasteiger partial charge on any atom is 0.141 e. The fraction of sp³-hybridized carbons (Fsp3) is 0.583. The summed E-state index contributed by atoms with van der Waals surface area (Å²) in [7, 11) is 0. The Morgan fingerprint density at radius 3 is 2.67 bits per heavy atom. The Hall–Kier alpha value is -0.960. The maximum absolute atomic E-state index is 12.9. The van der Waals surface area contributed by atoms with Gasteiger partial charge in [-0.3, -0.25) is 4.98 Å². The minimum Gasteiger partial charge on any atom is -0.324 e. The zero-order valence-electron chi connectivity index (χ0n) is 9.41. The van der Waals surface area contributed by atoms with Crippen molar-refractivity contribution in [1.82, 2.24) is 4.98 Å². The number of hydrogen-bond acceptors (Lipinski definition) is 2. The number of pyridine rings is 1. The Morgan fingerprint density at radius 2 is 2.07 bits per heavy atom. The summed E-state index contributed by atoms with van der Waals surface area (Å²) in [6, 6.07) is 1.37. The highest BCUT2D eigenvalue weighted by Gasteiger charge is 2.07. The molecule has 2 nitrogen and oxygen atoms in total. The van der Waals surface area contributed by atoms with Crippen LogP contribution in [0.25, 0.3) is 0 Å². The first-order chi connectivity index (χ1) is 7.09. The SMILES string of the molecule is CC(C)CCCC(N)c1cncc(F)c1. The van der Waals surface area contributed by atoms with Crippen molar-refractivity contribution in [1.29, 1.82) is 0 Å². The van der Waals surface area contributed by atoms with Crippen molar-refractivity contribution in [3.8, 4) is 0 Å². The van der Waals surface area contributed by atoms with Gasteiger partial charge in [0.2, 0.25) is 0 Å². The zero-order valence-corrected chi connectivity index (χ0v) is 9.41. The van der Waals surface area contributed by atoms with E-state index in [9.17, 15) is 4.39 Å². The van der Waals surface area contributed by atoms with Crippen LogP contribution in [0.15, 0.2) is 18.5 Å². The molecular formula is C12H19FN2. The van der Waals surface area contributed by atoms with E-state index < -0.39 is 0 Å². The summed E-state index contributed by atoms with van der Waals surface area (Å²) in [4.78, 5) is 3.79. The molecule has 0 amide bonds. The van der Waals surface area contributed by atoms with Crippen LogP contribution in [-0.2, 0) is 0 Å². The van der Waals surface area contributed by atoms with Gasteiger partial charge < -0.3 is 5.73 Å². The van der Waals surface area contributed by atoms with E-state index in [0.717, 1.165) is 24.8 Å². The lowest BCUT2D eigenvalue weighted by Crippen LogP contribution is -2.11. The van der Waals surface area contributed by atoms with Gasteiger partial charge in [-0.25, -0.2) is 4.39 Å². The summed E-state index contributed by atoms with van der Waals surface area (Å²) < 4.78 is 12.9. The van der Waals surface area contributed by atoms with Gasteiger partial charge in [0.05, 0.1) is 6.20 Å². The molecule has 15 heavy (non-hydrogen) atoms. The third-order valence-electron chi connectivity index (χ3n) is 2.45. The number of rotatable bonds is 5. The molecule has 0 saturated carbocycles. The lowest BCUT2D eigenvalue weighted by atomic mass is 10.00. The highest BCUT2D eigenvalue weighted by molar-refractivity contribution is 5.14. The highest BCUT2D eigenvalue weighted by Crippen LogP contribution is 2.18. The van der Waals surface area contributed by atoms with Gasteiger partial charge in [-0.15, -0.1) is 0 Å². The second-order valence-electron chi connectivity index (χ2n) is 4.37. The van der Waals surface area contributed by atoms with Gasteiger partial charge in [0.15, 0.2) is 0 Å². The smallest absolute Gasteiger partial charge is 0.141 e. The van der Waals surface area contributed by atoms with Gasteiger partial charge in [0.25, 0.3) is 0 Å². The Bertz CT molecular complexity index is 299. The van der Waals surface area contributed by atoms with Crippen LogP contribution < -0.4 is 5.73 Å². The van der Waals surface area contributed by atoms with Crippen molar-refractivity contribution in [3.63, 3.8) is 0 Å². The number of aromatic nitrogens is 1. The molecule has 0 spiro atoms. The third kappa shape index (κ3) is 4.38. The molecule has 1 aromatic rings. The number of hydrogen-bond donors (Lipinski definition) is 1. The molecule has 0 aliphatic heterocycles. The molecule has 1 rings (SSSR count). The molecule has 1 atom stereocenters. The van der Waals surface area contributed by atoms with Crippen LogP contribution in [-0.4, -0.2) is 4.98 Å². The summed E-state index contributed by atoms with van der Waals surface area (Å²) in [6.07, 6.45) is 5.97. The minimum absolute atomic E-state index is 0.0908. The molecule has 0 aliphatic carbocycles. The van der Waals surface area contributed by atoms with E-state index in [1.807, 2.05) is 0 Å². The summed E-state index contributed by atoms with van der Waals surface area (Å²) >= 11 is 0. The monoisotopic (exact) mass is 210 g/mol. The molecule has 0 saturated heterocycles. The Balaban J connectivity index is 2.43. The minimum atomic E-state index is -0.313. The fourth-order valence-electron chi connectivity index (χ4n) is 1.54. The maximum atomic E-state index is 12.9. The van der Waals surface area contributed by atoms with E-state index in [0.29, 0.717) is 5.92 Å². The first-order valence-electron chi connectivity index (χ1n) is 5.45. The van der Waals surface area contributed by atoms with Gasteiger partial charge in [-0.05, 0) is 24.0 Å². The van der Waals surface area contributed by atoms with Crippen LogP contribution in [0.1, 0.15) is 44.7 Å². The van der Waals surface area contributed by atoms with E-state index in [1.165, 1.54) is 12.3 Å². The number of nitrogens with two attached hydrogens (primary N) is 1. The predicted octanol–water partition coefficient (Wildman–Crippen LogP) is 3.05. The molecule has 2 N–H and O–H groups in total. The van der Waals surface area contributed by atoms with Gasteiger partial charge in [0.1, 0.15) is 5.82 Å². The summed E-state index contributed by atoms with van der Waals surface area (Å²) in [5.74, 6) is 0.384. The lowest BCUT2D eigenvalue weighted by Gasteiger charge is -2.12. The van der Waals surface area contributed by atoms with Crippen LogP contribution in [0.2, 0.25) is 0 Å². The molecule has 0 bridgehead atoms. The molecule has 0 radical (unpaired) electrons. The van der Waals surface area contributed by atoms with Gasteiger partial charge >= 0.3 is 0 Å². The Morgan fingerprint density at radius 1 is 1.33 bits per heavy atom. The normalized spacial score (nSPS) is 13.1. The summed E-state index contributed by atoms with van der Waals surface area (Å²) in [5.41, 5.74) is 6.73. The number of nitrogens with zero attached hydrogens (tertiary/aromatic N) is 1. The standard InChI is InChI=1S/C12H19FN2/c1-9(2)4-3-5-12(14)10-6-11(13)8-15-7-10/h6-9,12H,3-5,14H2,1-2H3. The zero-order chi connectivity index (χ0) is 11.3. The average molecular weight is 210 g/mol. The second kappa shape index (κ2) is 5.81. The van der Waals surface area contributed by atoms with Crippen molar-refractivity contribution < 1.29 is 4.39 Å². The summed E-state index contributed by atoms with van der Waals surface area (Å²) in [6.45, 7) is 4.38. The quantitative estimate of drug-likeness (QED) is 0.811. The predicted molar refractivity (Wildman–Crippen MR) is 59.8 cm³/mol. The van der Waals surface area contributed by atoms with Crippen molar-refractivity contribution in [3.05, 3.63) is 29.8 Å². The van der Waals surface area contributed by atoms with Gasteiger partial charge in [-0.1, -0.05) is 26.7 Å². The molecule has 0 aromatic carbocycles. The molecule has 1 heterocycles. The first-order valence-corrected chi connectivity index (χ1v) is 5.45.